The highest BCUT2D eigenvalue weighted by molar-refractivity contribution is 5.23. The molecule has 5 nitrogen and oxygen atoms in total. The van der Waals surface area contributed by atoms with Gasteiger partial charge in [0.05, 0.1) is 6.20 Å². The van der Waals surface area contributed by atoms with Crippen LogP contribution in [-0.4, -0.2) is 38.2 Å². The summed E-state index contributed by atoms with van der Waals surface area (Å²) in [5.41, 5.74) is 2.68. The fraction of sp³-hybridized carbons (Fsp3) is 0.647. The number of H-pyrrole nitrogens is 1. The zero-order valence-corrected chi connectivity index (χ0v) is 14.1. The number of imidazole rings is 1. The van der Waals surface area contributed by atoms with Crippen molar-refractivity contribution < 1.29 is 0 Å². The molecule has 1 aliphatic heterocycles. The Hall–Kier alpha value is -1.62. The Kier molecular flexibility index (Phi) is 4.08. The topological polar surface area (TPSA) is 49.7 Å². The molecule has 0 aliphatic carbocycles. The van der Waals surface area contributed by atoms with Crippen LogP contribution in [0.1, 0.15) is 44.3 Å². The molecule has 0 saturated carbocycles. The minimum absolute atomic E-state index is 0.114. The number of hydrogen-bond donors (Lipinski definition) is 1. The van der Waals surface area contributed by atoms with Crippen molar-refractivity contribution in [3.8, 4) is 0 Å². The molecule has 0 aromatic carbocycles. The number of nitrogens with one attached hydrogen (secondary N) is 1. The van der Waals surface area contributed by atoms with Gasteiger partial charge in [-0.1, -0.05) is 20.8 Å². The monoisotopic (exact) mass is 301 g/mol. The normalized spacial score (nSPS) is 18.7. The molecule has 3 heterocycles. The second-order valence-corrected chi connectivity index (χ2v) is 7.62. The third-order valence-corrected chi connectivity index (χ3v) is 4.51. The summed E-state index contributed by atoms with van der Waals surface area (Å²) < 4.78 is 2.31. The van der Waals surface area contributed by atoms with Gasteiger partial charge < -0.3 is 9.47 Å². The van der Waals surface area contributed by atoms with E-state index in [1.165, 1.54) is 23.5 Å². The van der Waals surface area contributed by atoms with Gasteiger partial charge in [0.2, 0.25) is 0 Å². The Morgan fingerprint density at radius 3 is 3.00 bits per heavy atom. The van der Waals surface area contributed by atoms with Crippen molar-refractivity contribution >= 4 is 0 Å². The molecule has 2 aromatic rings. The quantitative estimate of drug-likeness (QED) is 0.944. The van der Waals surface area contributed by atoms with E-state index >= 15 is 0 Å². The number of nitrogens with zero attached hydrogens (tertiary/aromatic N) is 4. The first kappa shape index (κ1) is 15.3. The number of rotatable bonds is 4. The van der Waals surface area contributed by atoms with Crippen LogP contribution in [0.25, 0.3) is 0 Å². The van der Waals surface area contributed by atoms with Gasteiger partial charge in [-0.3, -0.25) is 5.10 Å². The smallest absolute Gasteiger partial charge is 0.108 e. The highest BCUT2D eigenvalue weighted by Crippen LogP contribution is 2.25. The maximum absolute atomic E-state index is 4.41. The number of aryl methyl sites for hydroxylation is 1. The molecule has 120 valence electrons. The zero-order valence-electron chi connectivity index (χ0n) is 14.1. The highest BCUT2D eigenvalue weighted by Gasteiger charge is 2.23. The van der Waals surface area contributed by atoms with Crippen molar-refractivity contribution in [1.82, 2.24) is 24.6 Å². The van der Waals surface area contributed by atoms with E-state index < -0.39 is 0 Å². The number of fused-ring (bicyclic) bond motifs is 1. The molecule has 0 radical (unpaired) electrons. The Morgan fingerprint density at radius 2 is 2.23 bits per heavy atom. The molecular formula is C17H27N5. The van der Waals surface area contributed by atoms with E-state index in [9.17, 15) is 0 Å². The van der Waals surface area contributed by atoms with Crippen molar-refractivity contribution in [2.45, 2.75) is 52.1 Å². The highest BCUT2D eigenvalue weighted by atomic mass is 15.1. The van der Waals surface area contributed by atoms with E-state index in [1.807, 2.05) is 12.4 Å². The lowest BCUT2D eigenvalue weighted by Gasteiger charge is -2.28. The molecule has 1 N–H and O–H groups in total. The Labute approximate surface area is 132 Å². The standard InChI is InChI=1S/C17H27N5/c1-17(2,3)16-14(9-19-20-16)12-21(4)10-13-5-6-15-18-7-8-22(15)11-13/h7-9,13H,5-6,10-12H2,1-4H3,(H,19,20). The minimum atomic E-state index is 0.114. The van der Waals surface area contributed by atoms with E-state index in [4.69, 9.17) is 0 Å². The predicted octanol–water partition coefficient (Wildman–Crippen LogP) is 2.60. The molecule has 2 aromatic heterocycles. The molecule has 1 aliphatic rings. The fourth-order valence-corrected chi connectivity index (χ4v) is 3.46. The maximum atomic E-state index is 4.41. The van der Waals surface area contributed by atoms with E-state index in [1.54, 1.807) is 0 Å². The molecule has 1 unspecified atom stereocenters. The zero-order chi connectivity index (χ0) is 15.7. The van der Waals surface area contributed by atoms with Crippen molar-refractivity contribution in [2.24, 2.45) is 5.92 Å². The van der Waals surface area contributed by atoms with Crippen molar-refractivity contribution in [2.75, 3.05) is 13.6 Å². The first-order valence-corrected chi connectivity index (χ1v) is 8.15. The fourth-order valence-electron chi connectivity index (χ4n) is 3.46. The van der Waals surface area contributed by atoms with Gasteiger partial charge in [0.25, 0.3) is 0 Å². The molecule has 0 fully saturated rings. The second kappa shape index (κ2) is 5.88. The summed E-state index contributed by atoms with van der Waals surface area (Å²) in [6.07, 6.45) is 8.34. The summed E-state index contributed by atoms with van der Waals surface area (Å²) in [5.74, 6) is 1.94. The van der Waals surface area contributed by atoms with E-state index in [0.717, 1.165) is 26.1 Å². The molecule has 22 heavy (non-hydrogen) atoms. The van der Waals surface area contributed by atoms with Crippen molar-refractivity contribution in [1.29, 1.82) is 0 Å². The van der Waals surface area contributed by atoms with Gasteiger partial charge in [0.1, 0.15) is 5.82 Å². The SMILES string of the molecule is CN(Cc1cn[nH]c1C(C)(C)C)CC1CCc2nccn2C1. The van der Waals surface area contributed by atoms with Gasteiger partial charge in [-0.15, -0.1) is 0 Å². The lowest BCUT2D eigenvalue weighted by Crippen LogP contribution is -2.31. The summed E-state index contributed by atoms with van der Waals surface area (Å²) in [6.45, 7) is 9.85. The third kappa shape index (κ3) is 3.24. The van der Waals surface area contributed by atoms with Crippen LogP contribution in [0.15, 0.2) is 18.6 Å². The van der Waals surface area contributed by atoms with Crippen LogP contribution in [0, 0.1) is 5.92 Å². The molecular weight excluding hydrogens is 274 g/mol. The maximum Gasteiger partial charge on any atom is 0.108 e. The average molecular weight is 301 g/mol. The van der Waals surface area contributed by atoms with Gasteiger partial charge in [-0.2, -0.15) is 5.10 Å². The summed E-state index contributed by atoms with van der Waals surface area (Å²) in [5, 5.41) is 7.42. The predicted molar refractivity (Wildman–Crippen MR) is 87.7 cm³/mol. The van der Waals surface area contributed by atoms with Crippen molar-refractivity contribution in [3.63, 3.8) is 0 Å². The molecule has 0 saturated heterocycles. The van der Waals surface area contributed by atoms with Gasteiger partial charge in [-0.05, 0) is 19.4 Å². The summed E-state index contributed by atoms with van der Waals surface area (Å²) in [7, 11) is 2.21. The van der Waals surface area contributed by atoms with E-state index in [2.05, 4.69) is 58.7 Å². The molecule has 0 spiro atoms. The molecule has 5 heteroatoms. The van der Waals surface area contributed by atoms with Crippen LogP contribution in [0.2, 0.25) is 0 Å². The van der Waals surface area contributed by atoms with Crippen LogP contribution >= 0.6 is 0 Å². The van der Waals surface area contributed by atoms with E-state index in [0.29, 0.717) is 5.92 Å². The van der Waals surface area contributed by atoms with Crippen LogP contribution in [0.5, 0.6) is 0 Å². The molecule has 3 rings (SSSR count). The lowest BCUT2D eigenvalue weighted by molar-refractivity contribution is 0.228. The molecule has 0 amide bonds. The molecule has 1 atom stereocenters. The first-order valence-electron chi connectivity index (χ1n) is 8.15. The lowest BCUT2D eigenvalue weighted by atomic mass is 9.89. The first-order chi connectivity index (χ1) is 10.4. The van der Waals surface area contributed by atoms with Crippen LogP contribution < -0.4 is 0 Å². The molecule has 0 bridgehead atoms. The van der Waals surface area contributed by atoms with E-state index in [-0.39, 0.29) is 5.41 Å². The van der Waals surface area contributed by atoms with Crippen LogP contribution in [0.3, 0.4) is 0 Å². The van der Waals surface area contributed by atoms with Gasteiger partial charge >= 0.3 is 0 Å². The largest absolute Gasteiger partial charge is 0.335 e. The Bertz CT molecular complexity index is 619. The summed E-state index contributed by atoms with van der Waals surface area (Å²) in [6, 6.07) is 0. The second-order valence-electron chi connectivity index (χ2n) is 7.62. The minimum Gasteiger partial charge on any atom is -0.335 e. The summed E-state index contributed by atoms with van der Waals surface area (Å²) >= 11 is 0. The van der Waals surface area contributed by atoms with Gasteiger partial charge in [0, 0.05) is 55.1 Å². The van der Waals surface area contributed by atoms with Crippen LogP contribution in [0.4, 0.5) is 0 Å². The number of aromatic nitrogens is 4. The average Bonchev–Trinajstić information content (AvgIpc) is 3.05. The number of aromatic amines is 1. The van der Waals surface area contributed by atoms with Crippen molar-refractivity contribution in [3.05, 3.63) is 35.7 Å². The van der Waals surface area contributed by atoms with Gasteiger partial charge in [0.15, 0.2) is 0 Å². The Balaban J connectivity index is 1.60. The van der Waals surface area contributed by atoms with Crippen LogP contribution in [-0.2, 0) is 24.9 Å². The third-order valence-electron chi connectivity index (χ3n) is 4.51. The van der Waals surface area contributed by atoms with Gasteiger partial charge in [-0.25, -0.2) is 4.98 Å². The number of hydrogen-bond acceptors (Lipinski definition) is 3. The Morgan fingerprint density at radius 1 is 1.41 bits per heavy atom. The summed E-state index contributed by atoms with van der Waals surface area (Å²) in [4.78, 5) is 6.83.